The molecule has 1 amide bonds. The van der Waals surface area contributed by atoms with Crippen LogP contribution in [0.5, 0.6) is 11.5 Å². The first kappa shape index (κ1) is 17.0. The minimum absolute atomic E-state index is 0.0728. The molecule has 1 aliphatic rings. The molecule has 0 fully saturated rings. The molecule has 0 spiro atoms. The normalized spacial score (nSPS) is 16.6. The summed E-state index contributed by atoms with van der Waals surface area (Å²) in [5.74, 6) is 1.33. The van der Waals surface area contributed by atoms with Gasteiger partial charge in [-0.1, -0.05) is 29.8 Å². The van der Waals surface area contributed by atoms with Crippen LogP contribution >= 0.6 is 0 Å². The van der Waals surface area contributed by atoms with Gasteiger partial charge in [0.2, 0.25) is 5.91 Å². The van der Waals surface area contributed by atoms with Crippen LogP contribution in [0.25, 0.3) is 0 Å². The zero-order chi connectivity index (χ0) is 18.0. The second-order valence-corrected chi connectivity index (χ2v) is 6.15. The summed E-state index contributed by atoms with van der Waals surface area (Å²) in [7, 11) is 3.23. The van der Waals surface area contributed by atoms with E-state index in [1.807, 2.05) is 43.3 Å². The SMILES string of the molecule is COc1cc(OC)cc(C2=NN(C(C)=O)[C@H](c3cccc(C)c3)C2)c1. The van der Waals surface area contributed by atoms with Crippen LogP contribution in [0.3, 0.4) is 0 Å². The van der Waals surface area contributed by atoms with Gasteiger partial charge in [-0.05, 0) is 24.6 Å². The molecule has 1 atom stereocenters. The summed E-state index contributed by atoms with van der Waals surface area (Å²) in [4.78, 5) is 12.1. The molecule has 0 aromatic heterocycles. The Morgan fingerprint density at radius 3 is 2.36 bits per heavy atom. The first-order valence-corrected chi connectivity index (χ1v) is 8.19. The lowest BCUT2D eigenvalue weighted by atomic mass is 9.97. The maximum absolute atomic E-state index is 12.1. The van der Waals surface area contributed by atoms with E-state index in [4.69, 9.17) is 9.47 Å². The Kier molecular flexibility index (Phi) is 4.74. The van der Waals surface area contributed by atoms with Crippen LogP contribution < -0.4 is 9.47 Å². The van der Waals surface area contributed by atoms with E-state index in [2.05, 4.69) is 11.2 Å². The average molecular weight is 338 g/mol. The number of rotatable bonds is 4. The van der Waals surface area contributed by atoms with Gasteiger partial charge < -0.3 is 9.47 Å². The average Bonchev–Trinajstić information content (AvgIpc) is 3.07. The van der Waals surface area contributed by atoms with Crippen LogP contribution in [0.1, 0.15) is 36.1 Å². The van der Waals surface area contributed by atoms with Gasteiger partial charge in [0.05, 0.1) is 26.0 Å². The second-order valence-electron chi connectivity index (χ2n) is 6.15. The minimum Gasteiger partial charge on any atom is -0.497 e. The number of nitrogens with zero attached hydrogens (tertiary/aromatic N) is 2. The van der Waals surface area contributed by atoms with Crippen molar-refractivity contribution >= 4 is 11.6 Å². The molecule has 0 saturated heterocycles. The van der Waals surface area contributed by atoms with Gasteiger partial charge in [0.15, 0.2) is 0 Å². The van der Waals surface area contributed by atoms with Crippen molar-refractivity contribution in [1.82, 2.24) is 5.01 Å². The molecule has 25 heavy (non-hydrogen) atoms. The minimum atomic E-state index is -0.0930. The van der Waals surface area contributed by atoms with Gasteiger partial charge in [0, 0.05) is 25.0 Å². The van der Waals surface area contributed by atoms with Crippen LogP contribution in [-0.2, 0) is 4.79 Å². The van der Waals surface area contributed by atoms with E-state index in [0.717, 1.165) is 22.4 Å². The zero-order valence-corrected chi connectivity index (χ0v) is 14.9. The summed E-state index contributed by atoms with van der Waals surface area (Å²) in [6, 6.07) is 13.8. The smallest absolute Gasteiger partial charge is 0.240 e. The van der Waals surface area contributed by atoms with Gasteiger partial charge in [0.25, 0.3) is 0 Å². The number of hydrogen-bond acceptors (Lipinski definition) is 4. The number of carbonyl (C=O) groups is 1. The van der Waals surface area contributed by atoms with Gasteiger partial charge in [-0.3, -0.25) is 4.79 Å². The number of ether oxygens (including phenoxy) is 2. The third-order valence-electron chi connectivity index (χ3n) is 4.34. The molecular weight excluding hydrogens is 316 g/mol. The van der Waals surface area contributed by atoms with E-state index >= 15 is 0 Å². The number of benzene rings is 2. The predicted molar refractivity (Wildman–Crippen MR) is 97.1 cm³/mol. The van der Waals surface area contributed by atoms with Crippen molar-refractivity contribution in [1.29, 1.82) is 0 Å². The molecule has 0 bridgehead atoms. The molecule has 0 radical (unpaired) electrons. The van der Waals surface area contributed by atoms with Crippen molar-refractivity contribution in [2.45, 2.75) is 26.3 Å². The van der Waals surface area contributed by atoms with Crippen LogP contribution in [0, 0.1) is 6.92 Å². The number of carbonyl (C=O) groups excluding carboxylic acids is 1. The maximum Gasteiger partial charge on any atom is 0.240 e. The quantitative estimate of drug-likeness (QED) is 0.854. The number of hydrazone groups is 1. The molecule has 0 unspecified atom stereocenters. The highest BCUT2D eigenvalue weighted by Crippen LogP contribution is 2.34. The summed E-state index contributed by atoms with van der Waals surface area (Å²) < 4.78 is 10.7. The third-order valence-corrected chi connectivity index (χ3v) is 4.34. The molecule has 2 aromatic carbocycles. The zero-order valence-electron chi connectivity index (χ0n) is 14.9. The molecule has 130 valence electrons. The van der Waals surface area contributed by atoms with Crippen molar-refractivity contribution in [3.63, 3.8) is 0 Å². The second kappa shape index (κ2) is 6.97. The first-order valence-electron chi connectivity index (χ1n) is 8.19. The summed E-state index contributed by atoms with van der Waals surface area (Å²) in [5.41, 5.74) is 4.00. The first-order chi connectivity index (χ1) is 12.0. The van der Waals surface area contributed by atoms with E-state index in [-0.39, 0.29) is 11.9 Å². The number of hydrogen-bond donors (Lipinski definition) is 0. The maximum atomic E-state index is 12.1. The fraction of sp³-hybridized carbons (Fsp3) is 0.300. The molecule has 3 rings (SSSR count). The van der Waals surface area contributed by atoms with Crippen LogP contribution in [-0.4, -0.2) is 30.8 Å². The Hall–Kier alpha value is -2.82. The highest BCUT2D eigenvalue weighted by Gasteiger charge is 2.31. The third kappa shape index (κ3) is 3.50. The van der Waals surface area contributed by atoms with E-state index in [1.54, 1.807) is 26.2 Å². The highest BCUT2D eigenvalue weighted by molar-refractivity contribution is 6.03. The molecule has 1 aliphatic heterocycles. The summed E-state index contributed by atoms with van der Waals surface area (Å²) in [6.45, 7) is 3.59. The van der Waals surface area contributed by atoms with Crippen molar-refractivity contribution in [3.8, 4) is 11.5 Å². The molecular formula is C20H22N2O3. The van der Waals surface area contributed by atoms with Crippen molar-refractivity contribution in [3.05, 3.63) is 59.2 Å². The summed E-state index contributed by atoms with van der Waals surface area (Å²) >= 11 is 0. The number of amides is 1. The van der Waals surface area contributed by atoms with E-state index in [0.29, 0.717) is 17.9 Å². The van der Waals surface area contributed by atoms with Crippen molar-refractivity contribution in [2.75, 3.05) is 14.2 Å². The largest absolute Gasteiger partial charge is 0.497 e. The van der Waals surface area contributed by atoms with Gasteiger partial charge in [-0.15, -0.1) is 0 Å². The standard InChI is InChI=1S/C20H22N2O3/c1-13-6-5-7-15(8-13)20-12-19(21-22(20)14(2)23)16-9-17(24-3)11-18(10-16)25-4/h5-11,20H,12H2,1-4H3/t20-/m0/s1. The molecule has 5 heteroatoms. The van der Waals surface area contributed by atoms with Crippen molar-refractivity contribution in [2.24, 2.45) is 5.10 Å². The van der Waals surface area contributed by atoms with Crippen molar-refractivity contribution < 1.29 is 14.3 Å². The monoisotopic (exact) mass is 338 g/mol. The van der Waals surface area contributed by atoms with E-state index < -0.39 is 0 Å². The molecule has 0 aliphatic carbocycles. The Morgan fingerprint density at radius 1 is 1.12 bits per heavy atom. The predicted octanol–water partition coefficient (Wildman–Crippen LogP) is 3.71. The topological polar surface area (TPSA) is 51.1 Å². The van der Waals surface area contributed by atoms with Gasteiger partial charge in [-0.25, -0.2) is 5.01 Å². The lowest BCUT2D eigenvalue weighted by Crippen LogP contribution is -2.24. The lowest BCUT2D eigenvalue weighted by Gasteiger charge is -2.20. The van der Waals surface area contributed by atoms with Crippen LogP contribution in [0.2, 0.25) is 0 Å². The molecule has 1 heterocycles. The van der Waals surface area contributed by atoms with Crippen LogP contribution in [0.4, 0.5) is 0 Å². The Bertz CT molecular complexity index is 807. The van der Waals surface area contributed by atoms with E-state index in [9.17, 15) is 4.79 Å². The van der Waals surface area contributed by atoms with E-state index in [1.165, 1.54) is 0 Å². The number of aryl methyl sites for hydroxylation is 1. The van der Waals surface area contributed by atoms with Gasteiger partial charge in [0.1, 0.15) is 11.5 Å². The Labute approximate surface area is 147 Å². The Morgan fingerprint density at radius 2 is 1.80 bits per heavy atom. The summed E-state index contributed by atoms with van der Waals surface area (Å²) in [6.07, 6.45) is 0.652. The van der Waals surface area contributed by atoms with Gasteiger partial charge >= 0.3 is 0 Å². The Balaban J connectivity index is 1.99. The fourth-order valence-corrected chi connectivity index (χ4v) is 3.09. The highest BCUT2D eigenvalue weighted by atomic mass is 16.5. The summed E-state index contributed by atoms with van der Waals surface area (Å²) in [5, 5.41) is 6.15. The molecule has 2 aromatic rings. The molecule has 5 nitrogen and oxygen atoms in total. The van der Waals surface area contributed by atoms with Gasteiger partial charge in [-0.2, -0.15) is 5.10 Å². The lowest BCUT2D eigenvalue weighted by molar-refractivity contribution is -0.130. The fourth-order valence-electron chi connectivity index (χ4n) is 3.09. The number of methoxy groups -OCH3 is 2. The molecule has 0 N–H and O–H groups in total. The van der Waals surface area contributed by atoms with Crippen LogP contribution in [0.15, 0.2) is 47.6 Å². The molecule has 0 saturated carbocycles.